The van der Waals surface area contributed by atoms with Gasteiger partial charge >= 0.3 is 0 Å². The average molecular weight is 276 g/mol. The van der Waals surface area contributed by atoms with E-state index in [9.17, 15) is 4.79 Å². The Labute approximate surface area is 120 Å². The predicted octanol–water partition coefficient (Wildman–Crippen LogP) is 2.39. The number of nitrogens with two attached hydrogens (primary N) is 1. The highest BCUT2D eigenvalue weighted by molar-refractivity contribution is 5.83. The number of ether oxygens (including phenoxy) is 1. The summed E-state index contributed by atoms with van der Waals surface area (Å²) in [5.74, 6) is 0.835. The van der Waals surface area contributed by atoms with Crippen LogP contribution in [0.5, 0.6) is 5.75 Å². The lowest BCUT2D eigenvalue weighted by Crippen LogP contribution is -2.47. The number of nitrogens with one attached hydrogen (secondary N) is 1. The van der Waals surface area contributed by atoms with Gasteiger partial charge in [0.25, 0.3) is 0 Å². The second-order valence-corrected chi connectivity index (χ2v) is 5.85. The number of rotatable bonds is 4. The van der Waals surface area contributed by atoms with Crippen LogP contribution in [0.1, 0.15) is 44.7 Å². The van der Waals surface area contributed by atoms with Gasteiger partial charge in [-0.1, -0.05) is 24.6 Å². The van der Waals surface area contributed by atoms with Crippen LogP contribution >= 0.6 is 0 Å². The van der Waals surface area contributed by atoms with E-state index in [0.29, 0.717) is 0 Å². The topological polar surface area (TPSA) is 64.3 Å². The maximum Gasteiger partial charge on any atom is 0.227 e. The van der Waals surface area contributed by atoms with Gasteiger partial charge in [-0.05, 0) is 32.8 Å². The molecule has 1 aromatic carbocycles. The highest BCUT2D eigenvalue weighted by Gasteiger charge is 2.43. The Kier molecular flexibility index (Phi) is 4.33. The van der Waals surface area contributed by atoms with E-state index in [1.54, 1.807) is 7.11 Å². The molecule has 2 rings (SSSR count). The predicted molar refractivity (Wildman–Crippen MR) is 79.5 cm³/mol. The SMILES string of the molecule is COc1ccccc1C(C)NC(=O)C1(C)CCCC1N. The maximum absolute atomic E-state index is 12.5. The number of para-hydroxylation sites is 1. The second kappa shape index (κ2) is 5.83. The molecule has 3 unspecified atom stereocenters. The van der Waals surface area contributed by atoms with Crippen molar-refractivity contribution >= 4 is 5.91 Å². The van der Waals surface area contributed by atoms with Crippen LogP contribution in [-0.2, 0) is 4.79 Å². The van der Waals surface area contributed by atoms with Gasteiger partial charge in [-0.3, -0.25) is 4.79 Å². The number of methoxy groups -OCH3 is 1. The first kappa shape index (κ1) is 14.9. The zero-order valence-corrected chi connectivity index (χ0v) is 12.5. The molecule has 1 amide bonds. The van der Waals surface area contributed by atoms with Crippen LogP contribution in [0.15, 0.2) is 24.3 Å². The van der Waals surface area contributed by atoms with Crippen molar-refractivity contribution in [2.75, 3.05) is 7.11 Å². The summed E-state index contributed by atoms with van der Waals surface area (Å²) in [5.41, 5.74) is 6.64. The molecule has 1 aliphatic rings. The summed E-state index contributed by atoms with van der Waals surface area (Å²) in [4.78, 5) is 12.5. The third kappa shape index (κ3) is 2.66. The van der Waals surface area contributed by atoms with Crippen molar-refractivity contribution in [2.45, 2.75) is 45.2 Å². The molecule has 3 atom stereocenters. The first-order valence-corrected chi connectivity index (χ1v) is 7.18. The van der Waals surface area contributed by atoms with E-state index in [0.717, 1.165) is 30.6 Å². The summed E-state index contributed by atoms with van der Waals surface area (Å²) in [5, 5.41) is 3.08. The number of hydrogen-bond acceptors (Lipinski definition) is 3. The lowest BCUT2D eigenvalue weighted by Gasteiger charge is -2.29. The van der Waals surface area contributed by atoms with E-state index >= 15 is 0 Å². The lowest BCUT2D eigenvalue weighted by molar-refractivity contribution is -0.131. The van der Waals surface area contributed by atoms with Gasteiger partial charge in [-0.15, -0.1) is 0 Å². The van der Waals surface area contributed by atoms with Gasteiger partial charge < -0.3 is 15.8 Å². The molecule has 4 heteroatoms. The summed E-state index contributed by atoms with van der Waals surface area (Å²) in [6.07, 6.45) is 2.81. The fraction of sp³-hybridized carbons (Fsp3) is 0.562. The first-order chi connectivity index (χ1) is 9.49. The van der Waals surface area contributed by atoms with Crippen molar-refractivity contribution < 1.29 is 9.53 Å². The minimum Gasteiger partial charge on any atom is -0.496 e. The van der Waals surface area contributed by atoms with E-state index in [4.69, 9.17) is 10.5 Å². The maximum atomic E-state index is 12.5. The number of hydrogen-bond donors (Lipinski definition) is 2. The fourth-order valence-corrected chi connectivity index (χ4v) is 2.94. The Balaban J connectivity index is 2.11. The molecule has 1 aliphatic carbocycles. The van der Waals surface area contributed by atoms with Crippen LogP contribution in [0.4, 0.5) is 0 Å². The highest BCUT2D eigenvalue weighted by Crippen LogP contribution is 2.37. The lowest BCUT2D eigenvalue weighted by atomic mass is 9.84. The molecule has 1 aromatic rings. The van der Waals surface area contributed by atoms with Crippen LogP contribution in [0, 0.1) is 5.41 Å². The van der Waals surface area contributed by atoms with Gasteiger partial charge in [-0.25, -0.2) is 0 Å². The number of benzene rings is 1. The number of carbonyl (C=O) groups excluding carboxylic acids is 1. The van der Waals surface area contributed by atoms with Crippen LogP contribution < -0.4 is 15.8 Å². The third-order valence-corrected chi connectivity index (χ3v) is 4.50. The van der Waals surface area contributed by atoms with Gasteiger partial charge in [-0.2, -0.15) is 0 Å². The monoisotopic (exact) mass is 276 g/mol. The zero-order chi connectivity index (χ0) is 14.8. The van der Waals surface area contributed by atoms with E-state index < -0.39 is 5.41 Å². The molecule has 3 N–H and O–H groups in total. The molecule has 0 aliphatic heterocycles. The van der Waals surface area contributed by atoms with E-state index in [1.807, 2.05) is 38.1 Å². The minimum atomic E-state index is -0.448. The van der Waals surface area contributed by atoms with Crippen LogP contribution in [-0.4, -0.2) is 19.1 Å². The summed E-state index contributed by atoms with van der Waals surface area (Å²) in [6.45, 7) is 3.94. The van der Waals surface area contributed by atoms with Gasteiger partial charge in [0.1, 0.15) is 5.75 Å². The minimum absolute atomic E-state index is 0.0425. The Morgan fingerprint density at radius 3 is 2.80 bits per heavy atom. The molecule has 0 aromatic heterocycles. The van der Waals surface area contributed by atoms with Crippen molar-refractivity contribution in [3.8, 4) is 5.75 Å². The first-order valence-electron chi connectivity index (χ1n) is 7.18. The van der Waals surface area contributed by atoms with E-state index in [-0.39, 0.29) is 18.0 Å². The molecule has 0 saturated heterocycles. The van der Waals surface area contributed by atoms with Gasteiger partial charge in [0.2, 0.25) is 5.91 Å². The summed E-state index contributed by atoms with van der Waals surface area (Å²) in [6, 6.07) is 7.60. The average Bonchev–Trinajstić information content (AvgIpc) is 2.79. The molecule has 1 fully saturated rings. The largest absolute Gasteiger partial charge is 0.496 e. The Morgan fingerprint density at radius 1 is 1.50 bits per heavy atom. The van der Waals surface area contributed by atoms with Crippen molar-refractivity contribution in [3.63, 3.8) is 0 Å². The Morgan fingerprint density at radius 2 is 2.20 bits per heavy atom. The highest BCUT2D eigenvalue weighted by atomic mass is 16.5. The van der Waals surface area contributed by atoms with E-state index in [2.05, 4.69) is 5.32 Å². The third-order valence-electron chi connectivity index (χ3n) is 4.50. The van der Waals surface area contributed by atoms with Crippen molar-refractivity contribution in [1.29, 1.82) is 0 Å². The standard InChI is InChI=1S/C16H24N2O2/c1-11(12-7-4-5-8-13(12)20-3)18-15(19)16(2)10-6-9-14(16)17/h4-5,7-8,11,14H,6,9-10,17H2,1-3H3,(H,18,19). The molecular weight excluding hydrogens is 252 g/mol. The second-order valence-electron chi connectivity index (χ2n) is 5.85. The zero-order valence-electron chi connectivity index (χ0n) is 12.5. The molecular formula is C16H24N2O2. The quantitative estimate of drug-likeness (QED) is 0.887. The summed E-state index contributed by atoms with van der Waals surface area (Å²) >= 11 is 0. The van der Waals surface area contributed by atoms with Crippen LogP contribution in [0.2, 0.25) is 0 Å². The van der Waals surface area contributed by atoms with Crippen molar-refractivity contribution in [2.24, 2.45) is 11.1 Å². The van der Waals surface area contributed by atoms with Gasteiger partial charge in [0.15, 0.2) is 0 Å². The molecule has 20 heavy (non-hydrogen) atoms. The van der Waals surface area contributed by atoms with E-state index in [1.165, 1.54) is 0 Å². The summed E-state index contributed by atoms with van der Waals surface area (Å²) < 4.78 is 5.34. The normalized spacial score (nSPS) is 27.1. The van der Waals surface area contributed by atoms with Crippen molar-refractivity contribution in [3.05, 3.63) is 29.8 Å². The van der Waals surface area contributed by atoms with Crippen LogP contribution in [0.25, 0.3) is 0 Å². The molecule has 0 heterocycles. The number of carbonyl (C=O) groups is 1. The smallest absolute Gasteiger partial charge is 0.227 e. The molecule has 0 spiro atoms. The van der Waals surface area contributed by atoms with Crippen molar-refractivity contribution in [1.82, 2.24) is 5.32 Å². The fourth-order valence-electron chi connectivity index (χ4n) is 2.94. The molecule has 0 bridgehead atoms. The van der Waals surface area contributed by atoms with Gasteiger partial charge in [0, 0.05) is 11.6 Å². The Hall–Kier alpha value is -1.55. The van der Waals surface area contributed by atoms with Crippen LogP contribution in [0.3, 0.4) is 0 Å². The molecule has 4 nitrogen and oxygen atoms in total. The molecule has 110 valence electrons. The molecule has 1 saturated carbocycles. The molecule has 0 radical (unpaired) electrons. The summed E-state index contributed by atoms with van der Waals surface area (Å²) in [7, 11) is 1.64. The number of amides is 1. The Bertz CT molecular complexity index is 489. The van der Waals surface area contributed by atoms with Gasteiger partial charge in [0.05, 0.1) is 18.6 Å².